The molecule has 0 aliphatic heterocycles. The molecule has 0 atom stereocenters. The molecule has 1 aliphatic rings. The molecule has 0 unspecified atom stereocenters. The van der Waals surface area contributed by atoms with Gasteiger partial charge in [-0.05, 0) is 37.1 Å². The third-order valence-electron chi connectivity index (χ3n) is 5.20. The summed E-state index contributed by atoms with van der Waals surface area (Å²) in [6.45, 7) is -0.578. The van der Waals surface area contributed by atoms with E-state index in [2.05, 4.69) is 10.3 Å². The van der Waals surface area contributed by atoms with Gasteiger partial charge in [0.15, 0.2) is 6.61 Å². The highest BCUT2D eigenvalue weighted by molar-refractivity contribution is 7.89. The molecule has 1 saturated carbocycles. The zero-order valence-corrected chi connectivity index (χ0v) is 18.7. The Balaban J connectivity index is 1.68. The molecule has 3 rings (SSSR count). The number of hydrogen-bond acceptors (Lipinski definition) is 6. The fourth-order valence-electron chi connectivity index (χ4n) is 3.52. The molecule has 8 nitrogen and oxygen atoms in total. The molecular weight excluding hydrogens is 442 g/mol. The van der Waals surface area contributed by atoms with Crippen molar-refractivity contribution in [3.63, 3.8) is 0 Å². The predicted octanol–water partition coefficient (Wildman–Crippen LogP) is 3.48. The molecule has 1 fully saturated rings. The van der Waals surface area contributed by atoms with Crippen molar-refractivity contribution in [2.24, 2.45) is 0 Å². The number of para-hydroxylation sites is 1. The van der Waals surface area contributed by atoms with E-state index in [4.69, 9.17) is 16.3 Å². The van der Waals surface area contributed by atoms with E-state index < -0.39 is 28.5 Å². The van der Waals surface area contributed by atoms with E-state index in [0.29, 0.717) is 0 Å². The van der Waals surface area contributed by atoms with Gasteiger partial charge in [0, 0.05) is 19.3 Å². The summed E-state index contributed by atoms with van der Waals surface area (Å²) in [5.41, 5.74) is 0.294. The number of esters is 1. The Morgan fingerprint density at radius 3 is 2.61 bits per heavy atom. The highest BCUT2D eigenvalue weighted by atomic mass is 35.5. The standard InChI is InChI=1S/C21H24ClN3O5S/c1-25(16-7-3-2-4-8-16)31(28,29)18-10-6-5-9-17(18)24-20(26)14-30-21(27)15-11-12-23-19(22)13-15/h5-6,9-13,16H,2-4,7-8,14H2,1H3,(H,24,26). The summed E-state index contributed by atoms with van der Waals surface area (Å²) in [4.78, 5) is 28.2. The van der Waals surface area contributed by atoms with Crippen LogP contribution in [-0.4, -0.2) is 49.3 Å². The van der Waals surface area contributed by atoms with Gasteiger partial charge in [0.2, 0.25) is 10.0 Å². The Labute approximate surface area is 186 Å². The van der Waals surface area contributed by atoms with Gasteiger partial charge in [-0.3, -0.25) is 4.79 Å². The van der Waals surface area contributed by atoms with E-state index in [1.807, 2.05) is 0 Å². The van der Waals surface area contributed by atoms with E-state index >= 15 is 0 Å². The van der Waals surface area contributed by atoms with Crippen LogP contribution in [0.5, 0.6) is 0 Å². The number of amides is 1. The van der Waals surface area contributed by atoms with Crippen LogP contribution in [0.3, 0.4) is 0 Å². The quantitative estimate of drug-likeness (QED) is 0.495. The van der Waals surface area contributed by atoms with Crippen molar-refractivity contribution in [3.8, 4) is 0 Å². The van der Waals surface area contributed by atoms with Crippen LogP contribution in [0.4, 0.5) is 5.69 Å². The SMILES string of the molecule is CN(C1CCCCC1)S(=O)(=O)c1ccccc1NC(=O)COC(=O)c1ccnc(Cl)c1. The summed E-state index contributed by atoms with van der Waals surface area (Å²) in [6, 6.07) is 8.86. The minimum absolute atomic E-state index is 0.00339. The van der Waals surface area contributed by atoms with Crippen LogP contribution < -0.4 is 5.32 Å². The molecule has 1 heterocycles. The molecule has 1 aromatic carbocycles. The number of ether oxygens (including phenoxy) is 1. The molecule has 31 heavy (non-hydrogen) atoms. The van der Waals surface area contributed by atoms with Crippen LogP contribution in [0, 0.1) is 0 Å². The molecule has 1 amide bonds. The highest BCUT2D eigenvalue weighted by Crippen LogP contribution is 2.29. The molecule has 1 N–H and O–H groups in total. The Morgan fingerprint density at radius 2 is 1.90 bits per heavy atom. The van der Waals surface area contributed by atoms with Gasteiger partial charge >= 0.3 is 5.97 Å². The number of nitrogens with one attached hydrogen (secondary N) is 1. The van der Waals surface area contributed by atoms with E-state index in [1.54, 1.807) is 19.2 Å². The second-order valence-electron chi connectivity index (χ2n) is 7.30. The van der Waals surface area contributed by atoms with E-state index in [1.165, 1.54) is 34.8 Å². The number of anilines is 1. The largest absolute Gasteiger partial charge is 0.452 e. The van der Waals surface area contributed by atoms with E-state index in [9.17, 15) is 18.0 Å². The maximum Gasteiger partial charge on any atom is 0.338 e. The van der Waals surface area contributed by atoms with Gasteiger partial charge in [-0.25, -0.2) is 18.2 Å². The van der Waals surface area contributed by atoms with Gasteiger partial charge in [-0.15, -0.1) is 0 Å². The number of pyridine rings is 1. The fraction of sp³-hybridized carbons (Fsp3) is 0.381. The van der Waals surface area contributed by atoms with Crippen molar-refractivity contribution in [3.05, 3.63) is 53.3 Å². The Bertz CT molecular complexity index is 1050. The molecule has 1 aliphatic carbocycles. The lowest BCUT2D eigenvalue weighted by molar-refractivity contribution is -0.119. The number of sulfonamides is 1. The number of nitrogens with zero attached hydrogens (tertiary/aromatic N) is 2. The number of carbonyl (C=O) groups excluding carboxylic acids is 2. The van der Waals surface area contributed by atoms with E-state index in [-0.39, 0.29) is 27.3 Å². The van der Waals surface area contributed by atoms with E-state index in [0.717, 1.165) is 32.1 Å². The lowest BCUT2D eigenvalue weighted by Gasteiger charge is -2.30. The summed E-state index contributed by atoms with van der Waals surface area (Å²) in [5.74, 6) is -1.39. The first-order chi connectivity index (χ1) is 14.8. The van der Waals surface area contributed by atoms with Gasteiger partial charge < -0.3 is 10.1 Å². The molecule has 10 heteroatoms. The molecular formula is C21H24ClN3O5S. The molecule has 0 bridgehead atoms. The van der Waals surface area contributed by atoms with Gasteiger partial charge in [0.25, 0.3) is 5.91 Å². The smallest absolute Gasteiger partial charge is 0.338 e. The zero-order valence-electron chi connectivity index (χ0n) is 17.1. The average Bonchev–Trinajstić information content (AvgIpc) is 2.77. The number of rotatable bonds is 7. The molecule has 1 aromatic heterocycles. The van der Waals surface area contributed by atoms with Crippen LogP contribution in [-0.2, 0) is 19.6 Å². The Hall–Kier alpha value is -2.49. The molecule has 0 saturated heterocycles. The molecule has 0 spiro atoms. The molecule has 0 radical (unpaired) electrons. The van der Waals surface area contributed by atoms with Crippen LogP contribution >= 0.6 is 11.6 Å². The summed E-state index contributed by atoms with van der Waals surface area (Å²) in [5, 5.41) is 2.66. The van der Waals surface area contributed by atoms with Crippen molar-refractivity contribution < 1.29 is 22.7 Å². The maximum absolute atomic E-state index is 13.2. The number of hydrogen-bond donors (Lipinski definition) is 1. The van der Waals surface area contributed by atoms with Gasteiger partial charge in [0.05, 0.1) is 11.3 Å². The first-order valence-corrected chi connectivity index (χ1v) is 11.8. The van der Waals surface area contributed by atoms with Crippen molar-refractivity contribution >= 4 is 39.2 Å². The van der Waals surface area contributed by atoms with Crippen LogP contribution in [0.15, 0.2) is 47.5 Å². The van der Waals surface area contributed by atoms with Crippen LogP contribution in [0.25, 0.3) is 0 Å². The van der Waals surface area contributed by atoms with Crippen molar-refractivity contribution in [1.82, 2.24) is 9.29 Å². The topological polar surface area (TPSA) is 106 Å². The summed E-state index contributed by atoms with van der Waals surface area (Å²) < 4.78 is 32.8. The first kappa shape index (κ1) is 23.2. The average molecular weight is 466 g/mol. The predicted molar refractivity (Wildman–Crippen MR) is 116 cm³/mol. The van der Waals surface area contributed by atoms with Crippen molar-refractivity contribution in [2.75, 3.05) is 19.0 Å². The van der Waals surface area contributed by atoms with Gasteiger partial charge in [0.1, 0.15) is 10.0 Å². The summed E-state index contributed by atoms with van der Waals surface area (Å²) in [6.07, 6.45) is 6.09. The van der Waals surface area contributed by atoms with Crippen molar-refractivity contribution in [2.45, 2.75) is 43.0 Å². The van der Waals surface area contributed by atoms with Gasteiger partial charge in [-0.1, -0.05) is 43.0 Å². The first-order valence-electron chi connectivity index (χ1n) is 9.94. The summed E-state index contributed by atoms with van der Waals surface area (Å²) in [7, 11) is -2.23. The number of benzene rings is 1. The minimum Gasteiger partial charge on any atom is -0.452 e. The van der Waals surface area contributed by atoms with Crippen molar-refractivity contribution in [1.29, 1.82) is 0 Å². The zero-order chi connectivity index (χ0) is 22.4. The lowest BCUT2D eigenvalue weighted by Crippen LogP contribution is -2.38. The third kappa shape index (κ3) is 5.81. The highest BCUT2D eigenvalue weighted by Gasteiger charge is 2.31. The number of halogens is 1. The van der Waals surface area contributed by atoms with Crippen LogP contribution in [0.2, 0.25) is 5.15 Å². The minimum atomic E-state index is -3.80. The van der Waals surface area contributed by atoms with Gasteiger partial charge in [-0.2, -0.15) is 4.31 Å². The molecule has 2 aromatic rings. The number of aromatic nitrogens is 1. The normalized spacial score (nSPS) is 14.9. The second kappa shape index (κ2) is 10.2. The van der Waals surface area contributed by atoms with Crippen LogP contribution in [0.1, 0.15) is 42.5 Å². The Morgan fingerprint density at radius 1 is 1.19 bits per heavy atom. The second-order valence-corrected chi connectivity index (χ2v) is 9.65. The lowest BCUT2D eigenvalue weighted by atomic mass is 9.96. The molecule has 166 valence electrons. The third-order valence-corrected chi connectivity index (χ3v) is 7.38. The summed E-state index contributed by atoms with van der Waals surface area (Å²) >= 11 is 5.74. The maximum atomic E-state index is 13.2. The number of carbonyl (C=O) groups is 2. The Kier molecular flexibility index (Phi) is 7.64. The fourth-order valence-corrected chi connectivity index (χ4v) is 5.26. The monoisotopic (exact) mass is 465 g/mol.